The van der Waals surface area contributed by atoms with E-state index in [4.69, 9.17) is 4.84 Å². The molecule has 1 aromatic rings. The number of hydrogen-bond donors (Lipinski definition) is 1. The first-order valence-corrected chi connectivity index (χ1v) is 6.36. The summed E-state index contributed by atoms with van der Waals surface area (Å²) >= 11 is 0. The van der Waals surface area contributed by atoms with E-state index < -0.39 is 0 Å². The highest BCUT2D eigenvalue weighted by Crippen LogP contribution is 2.23. The Balaban J connectivity index is 2.57. The molecule has 1 N–H and O–H groups in total. The predicted octanol–water partition coefficient (Wildman–Crippen LogP) is 3.75. The summed E-state index contributed by atoms with van der Waals surface area (Å²) in [5.41, 5.74) is 4.33. The Bertz CT molecular complexity index is 313. The smallest absolute Gasteiger partial charge is 0.0812 e. The summed E-state index contributed by atoms with van der Waals surface area (Å²) in [6, 6.07) is 10.6. The lowest BCUT2D eigenvalue weighted by Gasteiger charge is -2.25. The molecule has 0 spiro atoms. The number of benzene rings is 1. The van der Waals surface area contributed by atoms with Crippen molar-refractivity contribution in [3.05, 3.63) is 35.9 Å². The Morgan fingerprint density at radius 3 is 2.18 bits per heavy atom. The van der Waals surface area contributed by atoms with E-state index in [1.807, 2.05) is 20.8 Å². The van der Waals surface area contributed by atoms with Gasteiger partial charge in [-0.25, -0.2) is 5.48 Å². The summed E-state index contributed by atoms with van der Waals surface area (Å²) in [4.78, 5) is 5.58. The molecule has 17 heavy (non-hydrogen) atoms. The third-order valence-corrected chi connectivity index (χ3v) is 2.71. The molecule has 0 aliphatic heterocycles. The summed E-state index contributed by atoms with van der Waals surface area (Å²) in [6.45, 7) is 11.5. The fraction of sp³-hybridized carbons (Fsp3) is 0.600. The molecule has 0 saturated heterocycles. The van der Waals surface area contributed by atoms with Gasteiger partial charge in [0.15, 0.2) is 0 Å². The molecule has 1 aromatic carbocycles. The van der Waals surface area contributed by atoms with E-state index in [0.29, 0.717) is 11.8 Å². The van der Waals surface area contributed by atoms with Crippen LogP contribution in [0.1, 0.15) is 46.1 Å². The maximum Gasteiger partial charge on any atom is 0.0812 e. The lowest BCUT2D eigenvalue weighted by molar-refractivity contribution is -0.0753. The van der Waals surface area contributed by atoms with E-state index in [-0.39, 0.29) is 5.60 Å². The molecule has 0 aromatic heterocycles. The van der Waals surface area contributed by atoms with Gasteiger partial charge in [-0.1, -0.05) is 44.2 Å². The largest absolute Gasteiger partial charge is 0.296 e. The van der Waals surface area contributed by atoms with Crippen LogP contribution in [0.5, 0.6) is 0 Å². The van der Waals surface area contributed by atoms with Crippen molar-refractivity contribution < 1.29 is 4.84 Å². The first-order valence-electron chi connectivity index (χ1n) is 6.36. The third kappa shape index (κ3) is 5.33. The Labute approximate surface area is 105 Å². The van der Waals surface area contributed by atoms with Gasteiger partial charge in [0.2, 0.25) is 0 Å². The van der Waals surface area contributed by atoms with Gasteiger partial charge in [-0.05, 0) is 32.3 Å². The number of hydrogen-bond acceptors (Lipinski definition) is 2. The molecule has 1 unspecified atom stereocenters. The molecule has 0 heterocycles. The highest BCUT2D eigenvalue weighted by molar-refractivity contribution is 5.20. The number of nitrogens with one attached hydrogen (secondary N) is 1. The molecule has 96 valence electrons. The van der Waals surface area contributed by atoms with Gasteiger partial charge in [-0.2, -0.15) is 0 Å². The van der Waals surface area contributed by atoms with Crippen LogP contribution in [0.15, 0.2) is 30.3 Å². The zero-order chi connectivity index (χ0) is 12.9. The standard InChI is InChI=1S/C15H25NO/c1-12(2)14(11-16-17-15(3,4)5)13-9-7-6-8-10-13/h6-10,12,14,16H,11H2,1-5H3. The van der Waals surface area contributed by atoms with Crippen LogP contribution in [0.2, 0.25) is 0 Å². The zero-order valence-corrected chi connectivity index (χ0v) is 11.7. The second-order valence-corrected chi connectivity index (χ2v) is 5.82. The van der Waals surface area contributed by atoms with Crippen LogP contribution in [0.25, 0.3) is 0 Å². The van der Waals surface area contributed by atoms with Gasteiger partial charge in [0.05, 0.1) is 5.60 Å². The summed E-state index contributed by atoms with van der Waals surface area (Å²) < 4.78 is 0. The van der Waals surface area contributed by atoms with Crippen LogP contribution in [0, 0.1) is 5.92 Å². The van der Waals surface area contributed by atoms with Gasteiger partial charge in [-0.3, -0.25) is 4.84 Å². The first-order chi connectivity index (χ1) is 7.90. The van der Waals surface area contributed by atoms with Crippen molar-refractivity contribution in [3.8, 4) is 0 Å². The van der Waals surface area contributed by atoms with Crippen LogP contribution in [-0.2, 0) is 4.84 Å². The second-order valence-electron chi connectivity index (χ2n) is 5.82. The summed E-state index contributed by atoms with van der Waals surface area (Å²) in [5.74, 6) is 1.08. The van der Waals surface area contributed by atoms with E-state index in [2.05, 4.69) is 49.7 Å². The van der Waals surface area contributed by atoms with Gasteiger partial charge in [-0.15, -0.1) is 0 Å². The van der Waals surface area contributed by atoms with E-state index in [9.17, 15) is 0 Å². The molecule has 0 saturated carbocycles. The zero-order valence-electron chi connectivity index (χ0n) is 11.7. The lowest BCUT2D eigenvalue weighted by atomic mass is 9.89. The Kier molecular flexibility index (Phi) is 5.16. The molecule has 0 fully saturated rings. The van der Waals surface area contributed by atoms with Crippen molar-refractivity contribution in [1.82, 2.24) is 5.48 Å². The maximum absolute atomic E-state index is 5.58. The second kappa shape index (κ2) is 6.18. The van der Waals surface area contributed by atoms with Crippen LogP contribution < -0.4 is 5.48 Å². The average molecular weight is 235 g/mol. The molecular formula is C15H25NO. The highest BCUT2D eigenvalue weighted by atomic mass is 16.7. The predicted molar refractivity (Wildman–Crippen MR) is 72.9 cm³/mol. The fourth-order valence-corrected chi connectivity index (χ4v) is 1.79. The van der Waals surface area contributed by atoms with Crippen molar-refractivity contribution in [2.75, 3.05) is 6.54 Å². The van der Waals surface area contributed by atoms with Crippen molar-refractivity contribution in [1.29, 1.82) is 0 Å². The third-order valence-electron chi connectivity index (χ3n) is 2.71. The van der Waals surface area contributed by atoms with Crippen LogP contribution >= 0.6 is 0 Å². The summed E-state index contributed by atoms with van der Waals surface area (Å²) in [6.07, 6.45) is 0. The summed E-state index contributed by atoms with van der Waals surface area (Å²) in [7, 11) is 0. The first kappa shape index (κ1) is 14.2. The van der Waals surface area contributed by atoms with E-state index in [0.717, 1.165) is 6.54 Å². The van der Waals surface area contributed by atoms with Gasteiger partial charge < -0.3 is 0 Å². The van der Waals surface area contributed by atoms with E-state index in [1.54, 1.807) is 0 Å². The van der Waals surface area contributed by atoms with Crippen LogP contribution in [0.3, 0.4) is 0 Å². The highest BCUT2D eigenvalue weighted by Gasteiger charge is 2.17. The van der Waals surface area contributed by atoms with Gasteiger partial charge in [0.25, 0.3) is 0 Å². The SMILES string of the molecule is CC(C)C(CNOC(C)(C)C)c1ccccc1. The average Bonchev–Trinajstić information content (AvgIpc) is 2.23. The normalized spacial score (nSPS) is 14.0. The molecule has 0 aliphatic carbocycles. The molecule has 0 radical (unpaired) electrons. The Hall–Kier alpha value is -0.860. The molecule has 2 nitrogen and oxygen atoms in total. The Morgan fingerprint density at radius 2 is 1.71 bits per heavy atom. The molecule has 0 bridgehead atoms. The summed E-state index contributed by atoms with van der Waals surface area (Å²) in [5, 5.41) is 0. The fourth-order valence-electron chi connectivity index (χ4n) is 1.79. The van der Waals surface area contributed by atoms with Crippen molar-refractivity contribution in [2.24, 2.45) is 5.92 Å². The molecule has 0 aliphatic rings. The minimum absolute atomic E-state index is 0.141. The minimum atomic E-state index is -0.141. The molecular weight excluding hydrogens is 210 g/mol. The topological polar surface area (TPSA) is 21.3 Å². The van der Waals surface area contributed by atoms with Gasteiger partial charge in [0, 0.05) is 12.5 Å². The minimum Gasteiger partial charge on any atom is -0.296 e. The van der Waals surface area contributed by atoms with Crippen molar-refractivity contribution >= 4 is 0 Å². The van der Waals surface area contributed by atoms with Gasteiger partial charge >= 0.3 is 0 Å². The lowest BCUT2D eigenvalue weighted by Crippen LogP contribution is -2.33. The van der Waals surface area contributed by atoms with E-state index >= 15 is 0 Å². The van der Waals surface area contributed by atoms with Crippen LogP contribution in [-0.4, -0.2) is 12.1 Å². The molecule has 1 rings (SSSR count). The maximum atomic E-state index is 5.58. The molecule has 1 atom stereocenters. The van der Waals surface area contributed by atoms with Gasteiger partial charge in [0.1, 0.15) is 0 Å². The van der Waals surface area contributed by atoms with Crippen LogP contribution in [0.4, 0.5) is 0 Å². The Morgan fingerprint density at radius 1 is 1.12 bits per heavy atom. The molecule has 2 heteroatoms. The van der Waals surface area contributed by atoms with Crippen molar-refractivity contribution in [3.63, 3.8) is 0 Å². The quantitative estimate of drug-likeness (QED) is 0.785. The van der Waals surface area contributed by atoms with E-state index in [1.165, 1.54) is 5.56 Å². The number of rotatable bonds is 5. The number of hydroxylamine groups is 1. The molecule has 0 amide bonds. The monoisotopic (exact) mass is 235 g/mol. The van der Waals surface area contributed by atoms with Crippen molar-refractivity contribution in [2.45, 2.75) is 46.1 Å².